The highest BCUT2D eigenvalue weighted by molar-refractivity contribution is 7.98. The number of nitrogens with zero attached hydrogens (tertiary/aromatic N) is 4. The molecule has 1 fully saturated rings. The summed E-state index contributed by atoms with van der Waals surface area (Å²) in [5.41, 5.74) is 2.39. The van der Waals surface area contributed by atoms with Crippen LogP contribution in [0, 0.1) is 5.92 Å². The van der Waals surface area contributed by atoms with E-state index in [0.717, 1.165) is 24.0 Å². The molecule has 1 amide bonds. The minimum atomic E-state index is -3.72. The minimum absolute atomic E-state index is 0.109. The molecule has 33 heavy (non-hydrogen) atoms. The van der Waals surface area contributed by atoms with E-state index in [0.29, 0.717) is 31.4 Å². The second kappa shape index (κ2) is 10.2. The molecule has 8 nitrogen and oxygen atoms in total. The first-order valence-corrected chi connectivity index (χ1v) is 13.8. The predicted octanol–water partition coefficient (Wildman–Crippen LogP) is 3.28. The van der Waals surface area contributed by atoms with Gasteiger partial charge in [-0.2, -0.15) is 4.31 Å². The van der Waals surface area contributed by atoms with Crippen LogP contribution in [0.15, 0.2) is 52.3 Å². The van der Waals surface area contributed by atoms with E-state index < -0.39 is 10.0 Å². The Morgan fingerprint density at radius 2 is 2.00 bits per heavy atom. The van der Waals surface area contributed by atoms with Crippen molar-refractivity contribution in [3.8, 4) is 0 Å². The molecule has 1 atom stereocenters. The minimum Gasteiger partial charge on any atom is -0.352 e. The number of carbonyl (C=O) groups excluding carboxylic acids is 1. The first-order chi connectivity index (χ1) is 15.9. The monoisotopic (exact) mass is 487 g/mol. The lowest BCUT2D eigenvalue weighted by Gasteiger charge is -2.31. The van der Waals surface area contributed by atoms with E-state index in [2.05, 4.69) is 22.6 Å². The quantitative estimate of drug-likeness (QED) is 0.490. The fourth-order valence-electron chi connectivity index (χ4n) is 4.09. The number of sulfonamides is 1. The number of piperidine rings is 1. The summed E-state index contributed by atoms with van der Waals surface area (Å²) >= 11 is 1.67. The zero-order valence-electron chi connectivity index (χ0n) is 18.9. The third-order valence-corrected chi connectivity index (χ3v) is 8.54. The Balaban J connectivity index is 1.43. The van der Waals surface area contributed by atoms with E-state index in [1.807, 2.05) is 30.5 Å². The number of nitrogens with one attached hydrogen (secondary N) is 1. The van der Waals surface area contributed by atoms with Crippen LogP contribution in [0.3, 0.4) is 0 Å². The standard InChI is InChI=1S/C23H29N5O3S2/c1-3-12-28-22-11-10-20(14-21(22)25-26-28)33(30,31)27-13-4-5-18(16-27)23(29)24-15-17-6-8-19(32-2)9-7-17/h6-11,14,18H,3-5,12-13,15-16H2,1-2H3,(H,24,29)/t18-/m1/s1. The van der Waals surface area contributed by atoms with Gasteiger partial charge >= 0.3 is 0 Å². The van der Waals surface area contributed by atoms with E-state index in [4.69, 9.17) is 0 Å². The van der Waals surface area contributed by atoms with Gasteiger partial charge in [-0.1, -0.05) is 24.3 Å². The Hall–Kier alpha value is -2.43. The number of carbonyl (C=O) groups is 1. The van der Waals surface area contributed by atoms with Gasteiger partial charge in [-0.15, -0.1) is 16.9 Å². The first-order valence-electron chi connectivity index (χ1n) is 11.2. The van der Waals surface area contributed by atoms with Crippen LogP contribution in [0.1, 0.15) is 31.7 Å². The lowest BCUT2D eigenvalue weighted by molar-refractivity contribution is -0.126. The highest BCUT2D eigenvalue weighted by atomic mass is 32.2. The lowest BCUT2D eigenvalue weighted by Crippen LogP contribution is -2.45. The molecule has 176 valence electrons. The Kier molecular flexibility index (Phi) is 7.35. The van der Waals surface area contributed by atoms with Gasteiger partial charge in [0.25, 0.3) is 0 Å². The van der Waals surface area contributed by atoms with Crippen molar-refractivity contribution >= 4 is 38.7 Å². The summed E-state index contributed by atoms with van der Waals surface area (Å²) in [4.78, 5) is 14.1. The molecule has 4 rings (SSSR count). The number of aryl methyl sites for hydroxylation is 1. The molecule has 0 saturated carbocycles. The highest BCUT2D eigenvalue weighted by Gasteiger charge is 2.33. The topological polar surface area (TPSA) is 97.2 Å². The van der Waals surface area contributed by atoms with Gasteiger partial charge in [-0.3, -0.25) is 4.79 Å². The van der Waals surface area contributed by atoms with Crippen molar-refractivity contribution in [2.24, 2.45) is 5.92 Å². The van der Waals surface area contributed by atoms with Crippen molar-refractivity contribution < 1.29 is 13.2 Å². The molecule has 0 bridgehead atoms. The van der Waals surface area contributed by atoms with Crippen LogP contribution >= 0.6 is 11.8 Å². The summed E-state index contributed by atoms with van der Waals surface area (Å²) < 4.78 is 29.8. The molecule has 2 aromatic carbocycles. The molecule has 10 heteroatoms. The van der Waals surface area contributed by atoms with Crippen LogP contribution in [-0.2, 0) is 27.9 Å². The Labute approximate surface area is 198 Å². The third kappa shape index (κ3) is 5.23. The predicted molar refractivity (Wildman–Crippen MR) is 129 cm³/mol. The Morgan fingerprint density at radius 1 is 1.21 bits per heavy atom. The normalized spacial score (nSPS) is 17.3. The zero-order chi connectivity index (χ0) is 23.4. The van der Waals surface area contributed by atoms with Gasteiger partial charge in [0, 0.05) is 31.1 Å². The molecule has 1 aliphatic heterocycles. The van der Waals surface area contributed by atoms with Crippen LogP contribution in [-0.4, -0.2) is 53.0 Å². The Bertz CT molecular complexity index is 1220. The molecule has 3 aromatic rings. The van der Waals surface area contributed by atoms with Crippen LogP contribution in [0.5, 0.6) is 0 Å². The number of hydrogen-bond acceptors (Lipinski definition) is 6. The van der Waals surface area contributed by atoms with Gasteiger partial charge in [0.15, 0.2) is 0 Å². The number of benzene rings is 2. The molecule has 1 saturated heterocycles. The highest BCUT2D eigenvalue weighted by Crippen LogP contribution is 2.26. The zero-order valence-corrected chi connectivity index (χ0v) is 20.5. The van der Waals surface area contributed by atoms with Crippen LogP contribution in [0.2, 0.25) is 0 Å². The van der Waals surface area contributed by atoms with Gasteiger partial charge in [-0.05, 0) is 61.4 Å². The van der Waals surface area contributed by atoms with Gasteiger partial charge in [0.1, 0.15) is 5.52 Å². The largest absolute Gasteiger partial charge is 0.352 e. The molecule has 1 aliphatic rings. The average Bonchev–Trinajstić information content (AvgIpc) is 3.25. The van der Waals surface area contributed by atoms with Crippen molar-refractivity contribution in [3.63, 3.8) is 0 Å². The fourth-order valence-corrected chi connectivity index (χ4v) is 6.04. The third-order valence-electron chi connectivity index (χ3n) is 5.94. The second-order valence-corrected chi connectivity index (χ2v) is 11.0. The van der Waals surface area contributed by atoms with Crippen molar-refractivity contribution in [2.45, 2.75) is 49.1 Å². The van der Waals surface area contributed by atoms with Crippen molar-refractivity contribution in [1.82, 2.24) is 24.6 Å². The van der Waals surface area contributed by atoms with Crippen LogP contribution in [0.4, 0.5) is 0 Å². The van der Waals surface area contributed by atoms with Gasteiger partial charge in [-0.25, -0.2) is 13.1 Å². The van der Waals surface area contributed by atoms with Crippen molar-refractivity contribution in [1.29, 1.82) is 0 Å². The SMILES string of the molecule is CCCn1nnc2cc(S(=O)(=O)N3CCC[C@@H](C(=O)NCc4ccc(SC)cc4)C3)ccc21. The number of rotatable bonds is 8. The summed E-state index contributed by atoms with van der Waals surface area (Å²) in [6.07, 6.45) is 4.26. The molecular formula is C23H29N5O3S2. The lowest BCUT2D eigenvalue weighted by atomic mass is 9.99. The molecule has 1 aromatic heterocycles. The number of fused-ring (bicyclic) bond motifs is 1. The van der Waals surface area contributed by atoms with Crippen LogP contribution in [0.25, 0.3) is 11.0 Å². The van der Waals surface area contributed by atoms with Gasteiger partial charge < -0.3 is 5.32 Å². The fraction of sp³-hybridized carbons (Fsp3) is 0.435. The molecule has 0 unspecified atom stereocenters. The number of hydrogen-bond donors (Lipinski definition) is 1. The van der Waals surface area contributed by atoms with Gasteiger partial charge in [0.2, 0.25) is 15.9 Å². The maximum absolute atomic E-state index is 13.3. The van der Waals surface area contributed by atoms with E-state index >= 15 is 0 Å². The molecule has 1 N–H and O–H groups in total. The number of aromatic nitrogens is 3. The van der Waals surface area contributed by atoms with Crippen molar-refractivity contribution in [3.05, 3.63) is 48.0 Å². The maximum atomic E-state index is 13.3. The van der Waals surface area contributed by atoms with E-state index in [1.54, 1.807) is 34.6 Å². The average molecular weight is 488 g/mol. The summed E-state index contributed by atoms with van der Waals surface area (Å²) in [5, 5.41) is 11.2. The Morgan fingerprint density at radius 3 is 2.73 bits per heavy atom. The molecule has 2 heterocycles. The molecule has 0 radical (unpaired) electrons. The summed E-state index contributed by atoms with van der Waals surface area (Å²) in [5.74, 6) is -0.477. The summed E-state index contributed by atoms with van der Waals surface area (Å²) in [7, 11) is -3.72. The number of thioether (sulfide) groups is 1. The first kappa shape index (κ1) is 23.7. The van der Waals surface area contributed by atoms with Crippen LogP contribution < -0.4 is 5.32 Å². The number of amides is 1. The van der Waals surface area contributed by atoms with E-state index in [1.165, 1.54) is 9.20 Å². The second-order valence-electron chi connectivity index (χ2n) is 8.23. The van der Waals surface area contributed by atoms with E-state index in [9.17, 15) is 13.2 Å². The molecule has 0 aliphatic carbocycles. The summed E-state index contributed by atoms with van der Waals surface area (Å²) in [6, 6.07) is 13.0. The maximum Gasteiger partial charge on any atom is 0.243 e. The molecular weight excluding hydrogens is 458 g/mol. The summed E-state index contributed by atoms with van der Waals surface area (Å²) in [6.45, 7) is 3.80. The van der Waals surface area contributed by atoms with Gasteiger partial charge in [0.05, 0.1) is 16.3 Å². The smallest absolute Gasteiger partial charge is 0.243 e. The van der Waals surface area contributed by atoms with E-state index in [-0.39, 0.29) is 23.3 Å². The van der Waals surface area contributed by atoms with Crippen molar-refractivity contribution in [2.75, 3.05) is 19.3 Å². The molecule has 0 spiro atoms.